The minimum atomic E-state index is -0.152. The van der Waals surface area contributed by atoms with E-state index in [2.05, 4.69) is 137 Å². The van der Waals surface area contributed by atoms with Crippen LogP contribution in [0.1, 0.15) is 0 Å². The van der Waals surface area contributed by atoms with Gasteiger partial charge in [-0.15, -0.1) is 0 Å². The average molecular weight is 754 g/mol. The van der Waals surface area contributed by atoms with Crippen LogP contribution in [0, 0.1) is 0 Å². The standard InChI is InChI=1S/C53H31N5O/c59-52-44-31-54-53(55-50(44)42-22-10-13-25-47(42)57(52)32-14-2-1-3-15-32)58-46-24-12-9-21-41(46)49-48(58)29-28-40-39-20-8-11-23-45(39)56(51(40)49)33-26-27-38-36-18-5-4-16-34(36)35-17-6-7-19-37(35)43(38)30-33/h1-31H. The SMILES string of the molecule is O=c1c2cnc(-n3c4ccccc4c4c3ccc3c5ccccc5n(-c5ccc6c7ccccc7c7ccccc7c6c5)c34)nc2c2ccccc2n1-c1ccccc1. The first kappa shape index (κ1) is 32.0. The molecule has 0 aliphatic carbocycles. The summed E-state index contributed by atoms with van der Waals surface area (Å²) in [5, 5.41) is 13.4. The number of hydrogen-bond acceptors (Lipinski definition) is 3. The zero-order chi connectivity index (χ0) is 38.8. The van der Waals surface area contributed by atoms with Crippen LogP contribution in [0.25, 0.3) is 115 Å². The molecule has 0 unspecified atom stereocenters. The highest BCUT2D eigenvalue weighted by atomic mass is 16.1. The molecule has 0 bridgehead atoms. The Kier molecular flexibility index (Phi) is 6.50. The zero-order valence-corrected chi connectivity index (χ0v) is 31.5. The van der Waals surface area contributed by atoms with Crippen molar-refractivity contribution in [3.05, 3.63) is 199 Å². The van der Waals surface area contributed by atoms with Crippen molar-refractivity contribution in [2.45, 2.75) is 0 Å². The largest absolute Gasteiger partial charge is 0.309 e. The minimum Gasteiger partial charge on any atom is -0.309 e. The first-order chi connectivity index (χ1) is 29.2. The average Bonchev–Trinajstić information content (AvgIpc) is 3.82. The van der Waals surface area contributed by atoms with Crippen molar-refractivity contribution in [2.75, 3.05) is 0 Å². The van der Waals surface area contributed by atoms with Crippen LogP contribution in [0.3, 0.4) is 0 Å². The first-order valence-corrected chi connectivity index (χ1v) is 19.9. The molecule has 0 aliphatic rings. The van der Waals surface area contributed by atoms with Crippen molar-refractivity contribution >= 4 is 97.7 Å². The Bertz CT molecular complexity index is 3950. The van der Waals surface area contributed by atoms with Crippen molar-refractivity contribution in [1.29, 1.82) is 0 Å². The number of benzene rings is 9. The van der Waals surface area contributed by atoms with Crippen molar-refractivity contribution in [3.63, 3.8) is 0 Å². The molecule has 13 aromatic rings. The van der Waals surface area contributed by atoms with Crippen molar-refractivity contribution in [1.82, 2.24) is 23.7 Å². The smallest absolute Gasteiger partial charge is 0.266 e. The van der Waals surface area contributed by atoms with E-state index in [-0.39, 0.29) is 5.56 Å². The normalized spacial score (nSPS) is 12.1. The Balaban J connectivity index is 1.13. The molecule has 6 heteroatoms. The molecule has 0 spiro atoms. The maximum Gasteiger partial charge on any atom is 0.266 e. The highest BCUT2D eigenvalue weighted by molar-refractivity contribution is 6.28. The Hall–Kier alpha value is -8.09. The lowest BCUT2D eigenvalue weighted by Crippen LogP contribution is -2.20. The van der Waals surface area contributed by atoms with Crippen LogP contribution in [0.4, 0.5) is 0 Å². The fraction of sp³-hybridized carbons (Fsp3) is 0. The molecule has 6 nitrogen and oxygen atoms in total. The molecule has 0 aliphatic heterocycles. The molecule has 0 saturated heterocycles. The Morgan fingerprint density at radius 1 is 0.356 bits per heavy atom. The molecule has 13 rings (SSSR count). The molecule has 0 radical (unpaired) electrons. The lowest BCUT2D eigenvalue weighted by atomic mass is 9.94. The Morgan fingerprint density at radius 2 is 0.881 bits per heavy atom. The van der Waals surface area contributed by atoms with Crippen LogP contribution in [0.15, 0.2) is 193 Å². The van der Waals surface area contributed by atoms with E-state index in [0.717, 1.165) is 55.1 Å². The van der Waals surface area contributed by atoms with Gasteiger partial charge in [-0.05, 0) is 80.8 Å². The van der Waals surface area contributed by atoms with E-state index in [9.17, 15) is 4.79 Å². The predicted molar refractivity (Wildman–Crippen MR) is 244 cm³/mol. The van der Waals surface area contributed by atoms with Crippen molar-refractivity contribution < 1.29 is 0 Å². The lowest BCUT2D eigenvalue weighted by Gasteiger charge is -2.14. The third-order valence-electron chi connectivity index (χ3n) is 12.3. The molecule has 9 aromatic carbocycles. The van der Waals surface area contributed by atoms with Gasteiger partial charge in [0.15, 0.2) is 0 Å². The van der Waals surface area contributed by atoms with Crippen LogP contribution in [-0.2, 0) is 0 Å². The third kappa shape index (κ3) is 4.37. The van der Waals surface area contributed by atoms with E-state index in [1.807, 2.05) is 54.6 Å². The number of rotatable bonds is 3. The molecular formula is C53H31N5O. The van der Waals surface area contributed by atoms with Crippen LogP contribution < -0.4 is 5.56 Å². The summed E-state index contributed by atoms with van der Waals surface area (Å²) < 4.78 is 6.35. The van der Waals surface area contributed by atoms with Gasteiger partial charge in [-0.1, -0.05) is 133 Å². The van der Waals surface area contributed by atoms with Gasteiger partial charge in [0, 0.05) is 44.5 Å². The fourth-order valence-corrected chi connectivity index (χ4v) is 9.80. The number of nitrogens with zero attached hydrogens (tertiary/aromatic N) is 5. The number of para-hydroxylation sites is 4. The van der Waals surface area contributed by atoms with Crippen LogP contribution in [0.2, 0.25) is 0 Å². The highest BCUT2D eigenvalue weighted by Gasteiger charge is 2.23. The summed E-state index contributed by atoms with van der Waals surface area (Å²) in [6.45, 7) is 0. The molecule has 0 N–H and O–H groups in total. The van der Waals surface area contributed by atoms with Gasteiger partial charge in [-0.2, -0.15) is 0 Å². The summed E-state index contributed by atoms with van der Waals surface area (Å²) in [6.07, 6.45) is 1.70. The molecule has 4 aromatic heterocycles. The summed E-state index contributed by atoms with van der Waals surface area (Å²) in [4.78, 5) is 24.5. The monoisotopic (exact) mass is 753 g/mol. The topological polar surface area (TPSA) is 57.6 Å². The van der Waals surface area contributed by atoms with Gasteiger partial charge in [0.05, 0.1) is 38.5 Å². The van der Waals surface area contributed by atoms with E-state index in [1.54, 1.807) is 10.8 Å². The molecule has 59 heavy (non-hydrogen) atoms. The maximum absolute atomic E-state index is 14.3. The van der Waals surface area contributed by atoms with E-state index in [0.29, 0.717) is 16.9 Å². The molecule has 0 fully saturated rings. The molecule has 0 amide bonds. The summed E-state index contributed by atoms with van der Waals surface area (Å²) in [5.74, 6) is 0.511. The van der Waals surface area contributed by atoms with E-state index in [1.165, 1.54) is 43.1 Å². The maximum atomic E-state index is 14.3. The van der Waals surface area contributed by atoms with Gasteiger partial charge in [0.25, 0.3) is 5.56 Å². The fourth-order valence-electron chi connectivity index (χ4n) is 9.80. The molecule has 0 atom stereocenters. The Labute approximate surface area is 336 Å². The van der Waals surface area contributed by atoms with Crippen molar-refractivity contribution in [2.24, 2.45) is 0 Å². The molecular weight excluding hydrogens is 723 g/mol. The summed E-state index contributed by atoms with van der Waals surface area (Å²) >= 11 is 0. The minimum absolute atomic E-state index is 0.152. The predicted octanol–water partition coefficient (Wildman–Crippen LogP) is 12.6. The first-order valence-electron chi connectivity index (χ1n) is 19.9. The lowest BCUT2D eigenvalue weighted by molar-refractivity contribution is 1.00. The van der Waals surface area contributed by atoms with Gasteiger partial charge in [-0.3, -0.25) is 13.9 Å². The number of hydrogen-bond donors (Lipinski definition) is 0. The summed E-state index contributed by atoms with van der Waals surface area (Å²) in [6, 6.07) is 63.8. The molecule has 274 valence electrons. The number of fused-ring (bicyclic) bond motifs is 16. The van der Waals surface area contributed by atoms with E-state index in [4.69, 9.17) is 9.97 Å². The summed E-state index contributed by atoms with van der Waals surface area (Å²) in [5.41, 5.74) is 7.40. The third-order valence-corrected chi connectivity index (χ3v) is 12.3. The van der Waals surface area contributed by atoms with Gasteiger partial charge >= 0.3 is 0 Å². The van der Waals surface area contributed by atoms with E-state index >= 15 is 0 Å². The molecule has 0 saturated carbocycles. The second-order valence-corrected chi connectivity index (χ2v) is 15.3. The van der Waals surface area contributed by atoms with Gasteiger partial charge < -0.3 is 4.57 Å². The number of pyridine rings is 1. The van der Waals surface area contributed by atoms with Gasteiger partial charge in [-0.25, -0.2) is 9.97 Å². The molecule has 4 heterocycles. The Morgan fingerprint density at radius 3 is 1.58 bits per heavy atom. The van der Waals surface area contributed by atoms with Crippen molar-refractivity contribution in [3.8, 4) is 17.3 Å². The zero-order valence-electron chi connectivity index (χ0n) is 31.5. The van der Waals surface area contributed by atoms with Crippen LogP contribution in [0.5, 0.6) is 0 Å². The van der Waals surface area contributed by atoms with Crippen LogP contribution in [-0.4, -0.2) is 23.7 Å². The second kappa shape index (κ2) is 12.0. The summed E-state index contributed by atoms with van der Waals surface area (Å²) in [7, 11) is 0. The quantitative estimate of drug-likeness (QED) is 0.169. The van der Waals surface area contributed by atoms with Gasteiger partial charge in [0.1, 0.15) is 0 Å². The second-order valence-electron chi connectivity index (χ2n) is 15.3. The highest BCUT2D eigenvalue weighted by Crippen LogP contribution is 2.43. The van der Waals surface area contributed by atoms with E-state index < -0.39 is 0 Å². The van der Waals surface area contributed by atoms with Crippen LogP contribution >= 0.6 is 0 Å². The van der Waals surface area contributed by atoms with Gasteiger partial charge in [0.2, 0.25) is 5.95 Å². The number of aromatic nitrogens is 5.